The van der Waals surface area contributed by atoms with Crippen molar-refractivity contribution in [3.63, 3.8) is 0 Å². The fourth-order valence-corrected chi connectivity index (χ4v) is 3.21. The summed E-state index contributed by atoms with van der Waals surface area (Å²) in [4.78, 5) is 24.4. The highest BCUT2D eigenvalue weighted by molar-refractivity contribution is 5.97. The van der Waals surface area contributed by atoms with Gasteiger partial charge in [0.2, 0.25) is 0 Å². The number of amides is 1. The first-order valence-corrected chi connectivity index (χ1v) is 8.75. The van der Waals surface area contributed by atoms with Gasteiger partial charge in [-0.2, -0.15) is 0 Å². The molecular weight excluding hydrogens is 314 g/mol. The van der Waals surface area contributed by atoms with E-state index >= 15 is 0 Å². The van der Waals surface area contributed by atoms with E-state index in [4.69, 9.17) is 0 Å². The van der Waals surface area contributed by atoms with Gasteiger partial charge in [0.15, 0.2) is 5.82 Å². The summed E-state index contributed by atoms with van der Waals surface area (Å²) in [6.45, 7) is 2.87. The van der Waals surface area contributed by atoms with Gasteiger partial charge in [0.25, 0.3) is 5.91 Å². The van der Waals surface area contributed by atoms with Crippen molar-refractivity contribution in [2.24, 2.45) is 0 Å². The molecule has 6 nitrogen and oxygen atoms in total. The van der Waals surface area contributed by atoms with E-state index in [0.717, 1.165) is 59.8 Å². The smallest absolute Gasteiger partial charge is 0.251 e. The van der Waals surface area contributed by atoms with E-state index in [-0.39, 0.29) is 5.91 Å². The summed E-state index contributed by atoms with van der Waals surface area (Å²) in [5.74, 6) is 1.77. The Balaban J connectivity index is 1.69. The molecule has 1 amide bonds. The third kappa shape index (κ3) is 2.95. The van der Waals surface area contributed by atoms with Crippen molar-refractivity contribution in [2.75, 3.05) is 6.54 Å². The van der Waals surface area contributed by atoms with Gasteiger partial charge in [-0.1, -0.05) is 19.4 Å². The Kier molecular flexibility index (Phi) is 4.09. The standard InChI is InChI=1S/C19H21N5O/c1-2-3-4-17-22-12-16(23-17)18-20-9-10-24(18)14-6-5-13-7-8-21-19(25)15(13)11-14/h5-6,9-12H,2-4,7-8H2,1H3,(H,21,25)(H,22,23). The van der Waals surface area contributed by atoms with Crippen LogP contribution in [-0.2, 0) is 12.8 Å². The molecule has 25 heavy (non-hydrogen) atoms. The Morgan fingerprint density at radius 3 is 3.08 bits per heavy atom. The second-order valence-corrected chi connectivity index (χ2v) is 6.32. The molecule has 3 heterocycles. The topological polar surface area (TPSA) is 75.6 Å². The number of aromatic amines is 1. The molecule has 1 aliphatic heterocycles. The lowest BCUT2D eigenvalue weighted by Gasteiger charge is -2.17. The number of fused-ring (bicyclic) bond motifs is 1. The van der Waals surface area contributed by atoms with Gasteiger partial charge in [0, 0.05) is 36.6 Å². The molecule has 0 atom stereocenters. The number of aryl methyl sites for hydroxylation is 1. The Hall–Kier alpha value is -2.89. The van der Waals surface area contributed by atoms with Crippen LogP contribution in [0.4, 0.5) is 0 Å². The van der Waals surface area contributed by atoms with E-state index in [2.05, 4.69) is 27.2 Å². The van der Waals surface area contributed by atoms with Crippen LogP contribution in [-0.4, -0.2) is 32.0 Å². The molecule has 1 aromatic carbocycles. The highest BCUT2D eigenvalue weighted by Crippen LogP contribution is 2.23. The van der Waals surface area contributed by atoms with Crippen LogP contribution in [0.3, 0.4) is 0 Å². The fourth-order valence-electron chi connectivity index (χ4n) is 3.21. The third-order valence-electron chi connectivity index (χ3n) is 4.57. The second-order valence-electron chi connectivity index (χ2n) is 6.32. The third-order valence-corrected chi connectivity index (χ3v) is 4.57. The summed E-state index contributed by atoms with van der Waals surface area (Å²) in [5, 5.41) is 2.90. The summed E-state index contributed by atoms with van der Waals surface area (Å²) in [6, 6.07) is 6.01. The fraction of sp³-hybridized carbons (Fsp3) is 0.316. The molecule has 0 saturated heterocycles. The van der Waals surface area contributed by atoms with Crippen LogP contribution < -0.4 is 5.32 Å². The number of nitrogens with one attached hydrogen (secondary N) is 2. The first kappa shape index (κ1) is 15.6. The lowest BCUT2D eigenvalue weighted by molar-refractivity contribution is 0.0946. The van der Waals surface area contributed by atoms with E-state index in [0.29, 0.717) is 6.54 Å². The number of carbonyl (C=O) groups is 1. The highest BCUT2D eigenvalue weighted by atomic mass is 16.1. The van der Waals surface area contributed by atoms with Gasteiger partial charge >= 0.3 is 0 Å². The van der Waals surface area contributed by atoms with Crippen molar-refractivity contribution in [2.45, 2.75) is 32.6 Å². The summed E-state index contributed by atoms with van der Waals surface area (Å²) < 4.78 is 1.99. The van der Waals surface area contributed by atoms with Crippen molar-refractivity contribution in [1.82, 2.24) is 24.8 Å². The number of H-pyrrole nitrogens is 1. The number of imidazole rings is 2. The molecule has 0 unspecified atom stereocenters. The minimum Gasteiger partial charge on any atom is -0.352 e. The Morgan fingerprint density at radius 1 is 1.28 bits per heavy atom. The molecule has 6 heteroatoms. The molecule has 0 aliphatic carbocycles. The Morgan fingerprint density at radius 2 is 2.20 bits per heavy atom. The van der Waals surface area contributed by atoms with Crippen molar-refractivity contribution in [3.05, 3.63) is 53.7 Å². The maximum absolute atomic E-state index is 12.1. The molecule has 1 aliphatic rings. The molecule has 2 N–H and O–H groups in total. The SMILES string of the molecule is CCCCc1ncc(-c2nccn2-c2ccc3c(c2)C(=O)NCC3)[nH]1. The summed E-state index contributed by atoms with van der Waals surface area (Å²) >= 11 is 0. The van der Waals surface area contributed by atoms with Crippen molar-refractivity contribution in [1.29, 1.82) is 0 Å². The van der Waals surface area contributed by atoms with Crippen LogP contribution in [0.2, 0.25) is 0 Å². The van der Waals surface area contributed by atoms with Crippen LogP contribution in [0.5, 0.6) is 0 Å². The normalized spacial score (nSPS) is 13.6. The zero-order valence-corrected chi connectivity index (χ0v) is 14.2. The molecular formula is C19H21N5O. The van der Waals surface area contributed by atoms with Gasteiger partial charge in [-0.25, -0.2) is 9.97 Å². The lowest BCUT2D eigenvalue weighted by Crippen LogP contribution is -2.31. The van der Waals surface area contributed by atoms with Crippen LogP contribution in [0.15, 0.2) is 36.8 Å². The summed E-state index contributed by atoms with van der Waals surface area (Å²) in [5.41, 5.74) is 3.65. The van der Waals surface area contributed by atoms with Gasteiger partial charge in [-0.3, -0.25) is 9.36 Å². The van der Waals surface area contributed by atoms with E-state index in [1.54, 1.807) is 6.20 Å². The maximum Gasteiger partial charge on any atom is 0.251 e. The maximum atomic E-state index is 12.1. The Labute approximate surface area is 146 Å². The molecule has 0 fully saturated rings. The number of benzene rings is 1. The number of nitrogens with zero attached hydrogens (tertiary/aromatic N) is 3. The average Bonchev–Trinajstić information content (AvgIpc) is 3.29. The van der Waals surface area contributed by atoms with E-state index in [1.807, 2.05) is 35.2 Å². The van der Waals surface area contributed by atoms with Gasteiger partial charge in [0.1, 0.15) is 11.5 Å². The number of aromatic nitrogens is 4. The number of hydrogen-bond acceptors (Lipinski definition) is 3. The first-order chi connectivity index (χ1) is 12.3. The minimum absolute atomic E-state index is 0.00634. The van der Waals surface area contributed by atoms with Gasteiger partial charge in [0.05, 0.1) is 6.20 Å². The van der Waals surface area contributed by atoms with Gasteiger partial charge in [-0.15, -0.1) is 0 Å². The number of carbonyl (C=O) groups excluding carboxylic acids is 1. The quantitative estimate of drug-likeness (QED) is 0.753. The molecule has 0 spiro atoms. The Bertz CT molecular complexity index is 908. The second kappa shape index (κ2) is 6.55. The summed E-state index contributed by atoms with van der Waals surface area (Å²) in [6.07, 6.45) is 9.57. The molecule has 0 bridgehead atoms. The number of unbranched alkanes of at least 4 members (excludes halogenated alkanes) is 1. The van der Waals surface area contributed by atoms with Crippen molar-refractivity contribution >= 4 is 5.91 Å². The first-order valence-electron chi connectivity index (χ1n) is 8.75. The van der Waals surface area contributed by atoms with E-state index < -0.39 is 0 Å². The van der Waals surface area contributed by atoms with Crippen LogP contribution in [0, 0.1) is 0 Å². The largest absolute Gasteiger partial charge is 0.352 e. The molecule has 128 valence electrons. The highest BCUT2D eigenvalue weighted by Gasteiger charge is 2.18. The van der Waals surface area contributed by atoms with Gasteiger partial charge in [-0.05, 0) is 30.5 Å². The molecule has 3 aromatic rings. The van der Waals surface area contributed by atoms with Crippen LogP contribution >= 0.6 is 0 Å². The van der Waals surface area contributed by atoms with E-state index in [1.165, 1.54) is 0 Å². The van der Waals surface area contributed by atoms with Crippen molar-refractivity contribution < 1.29 is 4.79 Å². The molecule has 4 rings (SSSR count). The van der Waals surface area contributed by atoms with Crippen molar-refractivity contribution in [3.8, 4) is 17.2 Å². The lowest BCUT2D eigenvalue weighted by atomic mass is 10.00. The van der Waals surface area contributed by atoms with Gasteiger partial charge < -0.3 is 10.3 Å². The zero-order valence-electron chi connectivity index (χ0n) is 14.2. The monoisotopic (exact) mass is 335 g/mol. The molecule has 2 aromatic heterocycles. The predicted molar refractivity (Wildman–Crippen MR) is 95.8 cm³/mol. The average molecular weight is 335 g/mol. The number of rotatable bonds is 5. The summed E-state index contributed by atoms with van der Waals surface area (Å²) in [7, 11) is 0. The van der Waals surface area contributed by atoms with Crippen LogP contribution in [0.25, 0.3) is 17.2 Å². The minimum atomic E-state index is -0.00634. The predicted octanol–water partition coefficient (Wildman–Crippen LogP) is 2.89. The molecule has 0 saturated carbocycles. The zero-order chi connectivity index (χ0) is 17.2. The number of hydrogen-bond donors (Lipinski definition) is 2. The van der Waals surface area contributed by atoms with E-state index in [9.17, 15) is 4.79 Å². The molecule has 0 radical (unpaired) electrons. The van der Waals surface area contributed by atoms with Crippen LogP contribution in [0.1, 0.15) is 41.5 Å².